The van der Waals surface area contributed by atoms with E-state index in [1.54, 1.807) is 0 Å². The van der Waals surface area contributed by atoms with Crippen LogP contribution in [0.4, 0.5) is 0 Å². The predicted molar refractivity (Wildman–Crippen MR) is 55.7 cm³/mol. The third-order valence-electron chi connectivity index (χ3n) is 2.79. The number of ether oxygens (including phenoxy) is 1. The lowest BCUT2D eigenvalue weighted by Crippen LogP contribution is -2.73. The molecule has 1 heterocycles. The molecule has 0 aliphatic carbocycles. The summed E-state index contributed by atoms with van der Waals surface area (Å²) in [4.78, 5) is 21.5. The van der Waals surface area contributed by atoms with Crippen molar-refractivity contribution in [2.24, 2.45) is 5.29 Å². The zero-order valence-corrected chi connectivity index (χ0v) is 9.48. The number of carbonyl (C=O) groups is 1. The molecule has 10 nitrogen and oxygen atoms in total. The van der Waals surface area contributed by atoms with Crippen molar-refractivity contribution in [3.05, 3.63) is 4.91 Å². The van der Waals surface area contributed by atoms with Gasteiger partial charge in [-0.3, -0.25) is 4.79 Å². The summed E-state index contributed by atoms with van der Waals surface area (Å²) in [6.07, 6.45) is -4.49. The maximum Gasteiger partial charge on any atom is 0.304 e. The van der Waals surface area contributed by atoms with Crippen molar-refractivity contribution in [2.75, 3.05) is 13.7 Å². The predicted octanol–water partition coefficient (Wildman–Crippen LogP) is -3.83. The molecule has 1 amide bonds. The molecular formula is C8H15N3O7. The molecule has 1 unspecified atom stereocenters. The second-order valence-corrected chi connectivity index (χ2v) is 3.82. The molecule has 0 aromatic carbocycles. The topological polar surface area (TPSA) is 161 Å². The first-order valence-electron chi connectivity index (χ1n) is 5.09. The number of aliphatic hydroxyl groups is 4. The molecule has 1 aliphatic rings. The maximum atomic E-state index is 11.5. The van der Waals surface area contributed by atoms with Gasteiger partial charge in [0.15, 0.2) is 0 Å². The molecule has 0 radical (unpaired) electrons. The van der Waals surface area contributed by atoms with Crippen molar-refractivity contribution in [1.29, 1.82) is 0 Å². The van der Waals surface area contributed by atoms with E-state index in [2.05, 4.69) is 10.6 Å². The second kappa shape index (κ2) is 5.65. The third-order valence-corrected chi connectivity index (χ3v) is 2.79. The van der Waals surface area contributed by atoms with Crippen LogP contribution in [-0.4, -0.2) is 70.1 Å². The number of amides is 1. The Morgan fingerprint density at radius 3 is 2.50 bits per heavy atom. The molecule has 1 aliphatic heterocycles. The molecule has 6 N–H and O–H groups in total. The van der Waals surface area contributed by atoms with Gasteiger partial charge >= 0.3 is 5.91 Å². The van der Waals surface area contributed by atoms with Gasteiger partial charge in [-0.2, -0.15) is 0 Å². The molecule has 18 heavy (non-hydrogen) atoms. The average Bonchev–Trinajstić information content (AvgIpc) is 2.34. The number of hydrogen-bond donors (Lipinski definition) is 6. The van der Waals surface area contributed by atoms with Gasteiger partial charge in [0.1, 0.15) is 18.3 Å². The number of rotatable bonds is 4. The van der Waals surface area contributed by atoms with E-state index in [1.165, 1.54) is 12.5 Å². The molecule has 10 heteroatoms. The highest BCUT2D eigenvalue weighted by Crippen LogP contribution is 2.28. The Labute approximate surface area is 102 Å². The molecule has 1 fully saturated rings. The quantitative estimate of drug-likeness (QED) is 0.222. The minimum absolute atomic E-state index is 0.737. The summed E-state index contributed by atoms with van der Waals surface area (Å²) in [5.41, 5.74) is 1.44. The fourth-order valence-corrected chi connectivity index (χ4v) is 1.85. The van der Waals surface area contributed by atoms with E-state index in [-0.39, 0.29) is 0 Å². The van der Waals surface area contributed by atoms with Crippen LogP contribution in [0.5, 0.6) is 0 Å². The Hall–Kier alpha value is -1.17. The van der Waals surface area contributed by atoms with Crippen LogP contribution in [0.3, 0.4) is 0 Å². The summed E-state index contributed by atoms with van der Waals surface area (Å²) in [7, 11) is 1.30. The van der Waals surface area contributed by atoms with E-state index < -0.39 is 42.7 Å². The Bertz CT molecular complexity index is 328. The molecule has 104 valence electrons. The van der Waals surface area contributed by atoms with E-state index in [1.807, 2.05) is 0 Å². The minimum atomic E-state index is -2.64. The molecule has 0 bridgehead atoms. The standard InChI is InChI=1S/C8H15N3O7/c1-9-6-5(14)4(13)3(2-12)18-8(6,16)7(15)10-11-17/h3-6,9,12-14,16H,2H2,1H3,(H,10,15,17)/t3-,4-,5+,6-,8?/m1/s1. The van der Waals surface area contributed by atoms with Gasteiger partial charge in [-0.1, -0.05) is 0 Å². The number of nitrogens with zero attached hydrogens (tertiary/aromatic N) is 1. The molecule has 1 saturated heterocycles. The number of nitrogens with one attached hydrogen (secondary N) is 2. The van der Waals surface area contributed by atoms with Crippen molar-refractivity contribution in [2.45, 2.75) is 30.1 Å². The fourth-order valence-electron chi connectivity index (χ4n) is 1.85. The number of aliphatic hydroxyl groups excluding tert-OH is 3. The van der Waals surface area contributed by atoms with Crippen molar-refractivity contribution in [1.82, 2.24) is 10.7 Å². The van der Waals surface area contributed by atoms with Gasteiger partial charge in [0.2, 0.25) is 0 Å². The fraction of sp³-hybridized carbons (Fsp3) is 0.875. The van der Waals surface area contributed by atoms with Crippen molar-refractivity contribution < 1.29 is 30.0 Å². The van der Waals surface area contributed by atoms with Crippen LogP contribution in [0.25, 0.3) is 0 Å². The van der Waals surface area contributed by atoms with E-state index in [4.69, 9.17) is 9.84 Å². The van der Waals surface area contributed by atoms with Gasteiger partial charge in [-0.25, -0.2) is 5.43 Å². The molecule has 0 aromatic rings. The summed E-state index contributed by atoms with van der Waals surface area (Å²) in [5.74, 6) is -3.96. The summed E-state index contributed by atoms with van der Waals surface area (Å²) in [5, 5.41) is 42.8. The van der Waals surface area contributed by atoms with Crippen LogP contribution < -0.4 is 10.7 Å². The third kappa shape index (κ3) is 2.34. The second-order valence-electron chi connectivity index (χ2n) is 3.82. The Morgan fingerprint density at radius 2 is 2.06 bits per heavy atom. The van der Waals surface area contributed by atoms with Crippen molar-refractivity contribution in [3.63, 3.8) is 0 Å². The highest BCUT2D eigenvalue weighted by molar-refractivity contribution is 5.84. The van der Waals surface area contributed by atoms with Gasteiger partial charge < -0.3 is 30.5 Å². The van der Waals surface area contributed by atoms with E-state index >= 15 is 0 Å². The minimum Gasteiger partial charge on any atom is -0.394 e. The first kappa shape index (κ1) is 14.9. The lowest BCUT2D eigenvalue weighted by molar-refractivity contribution is -0.302. The lowest BCUT2D eigenvalue weighted by atomic mass is 9.90. The summed E-state index contributed by atoms with van der Waals surface area (Å²) in [6.45, 7) is -0.737. The molecule has 0 spiro atoms. The molecule has 0 saturated carbocycles. The number of nitroso groups, excluding NO2 is 1. The first-order valence-corrected chi connectivity index (χ1v) is 5.09. The van der Waals surface area contributed by atoms with E-state index in [0.29, 0.717) is 0 Å². The van der Waals surface area contributed by atoms with Crippen LogP contribution in [0.1, 0.15) is 0 Å². The van der Waals surface area contributed by atoms with Crippen LogP contribution in [0, 0.1) is 4.91 Å². The Morgan fingerprint density at radius 1 is 1.44 bits per heavy atom. The first-order chi connectivity index (χ1) is 8.42. The molecular weight excluding hydrogens is 250 g/mol. The summed E-state index contributed by atoms with van der Waals surface area (Å²) < 4.78 is 4.85. The number of carbonyl (C=O) groups excluding carboxylic acids is 1. The van der Waals surface area contributed by atoms with Gasteiger partial charge in [-0.05, 0) is 7.05 Å². The van der Waals surface area contributed by atoms with Crippen LogP contribution in [-0.2, 0) is 9.53 Å². The van der Waals surface area contributed by atoms with Crippen LogP contribution in [0.15, 0.2) is 5.29 Å². The van der Waals surface area contributed by atoms with E-state index in [9.17, 15) is 25.0 Å². The van der Waals surface area contributed by atoms with Crippen molar-refractivity contribution >= 4 is 5.91 Å². The zero-order valence-electron chi connectivity index (χ0n) is 9.48. The Balaban J connectivity index is 3.05. The lowest BCUT2D eigenvalue weighted by Gasteiger charge is -2.45. The van der Waals surface area contributed by atoms with Crippen molar-refractivity contribution in [3.8, 4) is 0 Å². The average molecular weight is 265 g/mol. The normalized spacial score (nSPS) is 40.3. The highest BCUT2D eigenvalue weighted by atomic mass is 16.7. The monoisotopic (exact) mass is 265 g/mol. The van der Waals surface area contributed by atoms with Gasteiger partial charge in [0, 0.05) is 0 Å². The van der Waals surface area contributed by atoms with Gasteiger partial charge in [0.05, 0.1) is 17.9 Å². The number of likely N-dealkylation sites (N-methyl/N-ethyl adjacent to an activating group) is 1. The Kier molecular flexibility index (Phi) is 4.67. The summed E-state index contributed by atoms with van der Waals surface area (Å²) >= 11 is 0. The van der Waals surface area contributed by atoms with Gasteiger partial charge in [-0.15, -0.1) is 4.91 Å². The van der Waals surface area contributed by atoms with E-state index in [0.717, 1.165) is 0 Å². The van der Waals surface area contributed by atoms with Crippen LogP contribution in [0.2, 0.25) is 0 Å². The zero-order chi connectivity index (χ0) is 13.9. The number of hydrogen-bond acceptors (Lipinski definition) is 9. The SMILES string of the molecule is CN[C@@H]1[C@@H](O)[C@H](O)[C@@H](CO)OC1(O)C(=O)NN=O. The molecule has 0 aromatic heterocycles. The maximum absolute atomic E-state index is 11.5. The van der Waals surface area contributed by atoms with Crippen LogP contribution >= 0.6 is 0 Å². The largest absolute Gasteiger partial charge is 0.394 e. The molecule has 1 rings (SSSR count). The summed E-state index contributed by atoms with van der Waals surface area (Å²) in [6, 6.07) is -1.41. The smallest absolute Gasteiger partial charge is 0.304 e. The highest BCUT2D eigenvalue weighted by Gasteiger charge is 2.57. The molecule has 5 atom stereocenters. The van der Waals surface area contributed by atoms with Gasteiger partial charge in [0.25, 0.3) is 5.79 Å².